The second-order valence-corrected chi connectivity index (χ2v) is 10.1. The Balaban J connectivity index is 1.59. The molecule has 5 nitrogen and oxygen atoms in total. The third-order valence-electron chi connectivity index (χ3n) is 5.22. The van der Waals surface area contributed by atoms with Crippen LogP contribution in [0.3, 0.4) is 0 Å². The number of benzene rings is 2. The van der Waals surface area contributed by atoms with Crippen molar-refractivity contribution in [2.75, 3.05) is 18.5 Å². The van der Waals surface area contributed by atoms with E-state index in [0.29, 0.717) is 18.7 Å². The van der Waals surface area contributed by atoms with Gasteiger partial charge in [-0.1, -0.05) is 23.8 Å². The molecule has 29 heavy (non-hydrogen) atoms. The van der Waals surface area contributed by atoms with Gasteiger partial charge in [-0.2, -0.15) is 4.31 Å². The molecule has 0 N–H and O–H groups in total. The van der Waals surface area contributed by atoms with Crippen molar-refractivity contribution in [1.29, 1.82) is 0 Å². The number of carbonyl (C=O) groups is 1. The third-order valence-corrected chi connectivity index (χ3v) is 8.08. The van der Waals surface area contributed by atoms with Crippen LogP contribution >= 0.6 is 11.3 Å². The molecule has 2 heterocycles. The second kappa shape index (κ2) is 7.74. The molecule has 0 saturated carbocycles. The number of thiophene rings is 1. The lowest BCUT2D eigenvalue weighted by Gasteiger charge is -2.26. The van der Waals surface area contributed by atoms with Gasteiger partial charge in [0.25, 0.3) is 5.91 Å². The summed E-state index contributed by atoms with van der Waals surface area (Å²) in [5.74, 6) is -0.246. The van der Waals surface area contributed by atoms with E-state index in [4.69, 9.17) is 0 Å². The van der Waals surface area contributed by atoms with Gasteiger partial charge in [-0.3, -0.25) is 4.79 Å². The Morgan fingerprint density at radius 3 is 2.62 bits per heavy atom. The monoisotopic (exact) mass is 426 g/mol. The first-order valence-electron chi connectivity index (χ1n) is 9.36. The highest BCUT2D eigenvalue weighted by molar-refractivity contribution is 7.89. The van der Waals surface area contributed by atoms with Gasteiger partial charge in [0.1, 0.15) is 0 Å². The highest BCUT2D eigenvalue weighted by atomic mass is 32.2. The molecular formula is C22H22N2O3S2. The van der Waals surface area contributed by atoms with Gasteiger partial charge in [-0.05, 0) is 60.7 Å². The molecule has 150 valence electrons. The fourth-order valence-corrected chi connectivity index (χ4v) is 5.80. The molecule has 1 aliphatic rings. The second-order valence-electron chi connectivity index (χ2n) is 7.19. The van der Waals surface area contributed by atoms with Gasteiger partial charge in [0.15, 0.2) is 0 Å². The van der Waals surface area contributed by atoms with Crippen molar-refractivity contribution in [3.63, 3.8) is 0 Å². The first-order valence-corrected chi connectivity index (χ1v) is 11.7. The van der Waals surface area contributed by atoms with E-state index in [1.54, 1.807) is 36.6 Å². The number of amides is 1. The van der Waals surface area contributed by atoms with Crippen molar-refractivity contribution in [3.8, 4) is 0 Å². The topological polar surface area (TPSA) is 57.7 Å². The molecule has 0 saturated heterocycles. The van der Waals surface area contributed by atoms with Crippen molar-refractivity contribution < 1.29 is 13.2 Å². The van der Waals surface area contributed by atoms with Crippen LogP contribution in [0.1, 0.15) is 26.4 Å². The zero-order valence-electron chi connectivity index (χ0n) is 16.3. The van der Waals surface area contributed by atoms with Crippen LogP contribution in [0, 0.1) is 6.92 Å². The van der Waals surface area contributed by atoms with Gasteiger partial charge in [0.2, 0.25) is 10.0 Å². The van der Waals surface area contributed by atoms with Crippen molar-refractivity contribution in [3.05, 3.63) is 81.5 Å². The van der Waals surface area contributed by atoms with Gasteiger partial charge >= 0.3 is 0 Å². The maximum atomic E-state index is 13.2. The molecule has 1 aromatic heterocycles. The highest BCUT2D eigenvalue weighted by Gasteiger charge is 2.29. The Morgan fingerprint density at radius 1 is 1.10 bits per heavy atom. The summed E-state index contributed by atoms with van der Waals surface area (Å²) < 4.78 is 27.8. The molecule has 0 bridgehead atoms. The van der Waals surface area contributed by atoms with Crippen LogP contribution in [0.15, 0.2) is 64.9 Å². The SMILES string of the molecule is Cc1ccc(N(C)C(=O)c2cccc(S(=O)(=O)N3CCc4sccc4C3)c2)cc1. The van der Waals surface area contributed by atoms with E-state index in [-0.39, 0.29) is 10.8 Å². The number of anilines is 1. The normalized spacial score (nSPS) is 14.4. The van der Waals surface area contributed by atoms with E-state index in [2.05, 4.69) is 0 Å². The van der Waals surface area contributed by atoms with E-state index in [9.17, 15) is 13.2 Å². The molecule has 0 spiro atoms. The van der Waals surface area contributed by atoms with Crippen LogP contribution in [0.5, 0.6) is 0 Å². The summed E-state index contributed by atoms with van der Waals surface area (Å²) in [6.45, 7) is 2.82. The van der Waals surface area contributed by atoms with Crippen molar-refractivity contribution in [1.82, 2.24) is 4.31 Å². The Bertz CT molecular complexity index is 1150. The lowest BCUT2D eigenvalue weighted by Crippen LogP contribution is -2.35. The summed E-state index contributed by atoms with van der Waals surface area (Å²) in [5, 5.41) is 2.00. The van der Waals surface area contributed by atoms with Gasteiger partial charge in [0, 0.05) is 36.3 Å². The molecule has 2 aromatic carbocycles. The number of hydrogen-bond acceptors (Lipinski definition) is 4. The molecule has 1 amide bonds. The minimum absolute atomic E-state index is 0.152. The van der Waals surface area contributed by atoms with E-state index in [0.717, 1.165) is 23.2 Å². The number of aryl methyl sites for hydroxylation is 1. The summed E-state index contributed by atoms with van der Waals surface area (Å²) in [5.41, 5.74) is 3.28. The predicted octanol–water partition coefficient (Wildman–Crippen LogP) is 4.08. The van der Waals surface area contributed by atoms with E-state index in [1.165, 1.54) is 20.1 Å². The smallest absolute Gasteiger partial charge is 0.258 e. The summed E-state index contributed by atoms with van der Waals surface area (Å²) in [7, 11) is -1.98. The number of rotatable bonds is 4. The molecule has 3 aromatic rings. The molecule has 0 aliphatic carbocycles. The van der Waals surface area contributed by atoms with E-state index < -0.39 is 10.0 Å². The lowest BCUT2D eigenvalue weighted by molar-refractivity contribution is 0.0993. The predicted molar refractivity (Wildman–Crippen MR) is 116 cm³/mol. The Hall–Kier alpha value is -2.48. The Labute approximate surface area is 175 Å². The summed E-state index contributed by atoms with van der Waals surface area (Å²) in [6, 6.07) is 15.9. The molecule has 4 rings (SSSR count). The molecule has 0 unspecified atom stereocenters. The average Bonchev–Trinajstić information content (AvgIpc) is 3.21. The first-order chi connectivity index (χ1) is 13.9. The first kappa shape index (κ1) is 19.8. The van der Waals surface area contributed by atoms with Crippen LogP contribution < -0.4 is 4.90 Å². The fraction of sp³-hybridized carbons (Fsp3) is 0.227. The highest BCUT2D eigenvalue weighted by Crippen LogP contribution is 2.28. The Morgan fingerprint density at radius 2 is 1.86 bits per heavy atom. The molecule has 1 aliphatic heterocycles. The summed E-state index contributed by atoms with van der Waals surface area (Å²) in [6.07, 6.45) is 0.723. The zero-order valence-corrected chi connectivity index (χ0v) is 18.0. The minimum atomic E-state index is -3.67. The molecule has 0 radical (unpaired) electrons. The van der Waals surface area contributed by atoms with Crippen LogP contribution in [0.2, 0.25) is 0 Å². The van der Waals surface area contributed by atoms with Crippen molar-refractivity contribution >= 4 is 33.0 Å². The number of sulfonamides is 1. The quantitative estimate of drug-likeness (QED) is 0.632. The largest absolute Gasteiger partial charge is 0.311 e. The van der Waals surface area contributed by atoms with Gasteiger partial charge < -0.3 is 4.90 Å². The zero-order chi connectivity index (χ0) is 20.6. The number of carbonyl (C=O) groups excluding carboxylic acids is 1. The van der Waals surface area contributed by atoms with Crippen molar-refractivity contribution in [2.45, 2.75) is 24.8 Å². The van der Waals surface area contributed by atoms with Gasteiger partial charge in [-0.25, -0.2) is 8.42 Å². The van der Waals surface area contributed by atoms with Crippen LogP contribution in [0.25, 0.3) is 0 Å². The van der Waals surface area contributed by atoms with Crippen LogP contribution in [-0.2, 0) is 23.0 Å². The minimum Gasteiger partial charge on any atom is -0.311 e. The van der Waals surface area contributed by atoms with Gasteiger partial charge in [-0.15, -0.1) is 11.3 Å². The molecule has 0 fully saturated rings. The Kier molecular flexibility index (Phi) is 5.29. The third kappa shape index (κ3) is 3.85. The summed E-state index contributed by atoms with van der Waals surface area (Å²) in [4.78, 5) is 15.9. The molecule has 7 heteroatoms. The standard InChI is InChI=1S/C22H22N2O3S2/c1-16-6-8-19(9-7-16)23(2)22(25)17-4-3-5-20(14-17)29(26,27)24-12-10-21-18(15-24)11-13-28-21/h3-9,11,13-14H,10,12,15H2,1-2H3. The maximum absolute atomic E-state index is 13.2. The van der Waals surface area contributed by atoms with Gasteiger partial charge in [0.05, 0.1) is 4.90 Å². The van der Waals surface area contributed by atoms with Crippen LogP contribution in [0.4, 0.5) is 5.69 Å². The van der Waals surface area contributed by atoms with E-state index >= 15 is 0 Å². The fourth-order valence-electron chi connectivity index (χ4n) is 3.45. The number of nitrogens with zero attached hydrogens (tertiary/aromatic N) is 2. The van der Waals surface area contributed by atoms with Crippen LogP contribution in [-0.4, -0.2) is 32.2 Å². The maximum Gasteiger partial charge on any atom is 0.258 e. The average molecular weight is 427 g/mol. The number of fused-ring (bicyclic) bond motifs is 1. The van der Waals surface area contributed by atoms with Crippen molar-refractivity contribution in [2.24, 2.45) is 0 Å². The summed E-state index contributed by atoms with van der Waals surface area (Å²) >= 11 is 1.67. The molecular weight excluding hydrogens is 404 g/mol. The van der Waals surface area contributed by atoms with E-state index in [1.807, 2.05) is 42.6 Å². The molecule has 0 atom stereocenters. The lowest BCUT2D eigenvalue weighted by atomic mass is 10.1. The number of hydrogen-bond donors (Lipinski definition) is 0.